The number of hydrogen-bond acceptors (Lipinski definition) is 2. The standard InChI is InChI=1S/C13H19NOSi/c1-13(2,3)16(4,5)15-12-8-6-11(10-14)7-9-12/h6-9H,1-5H3. The SMILES string of the molecule is CC(C)(C)[Si](C)(C)Oc1ccc(C#N)cc1. The van der Waals surface area contributed by atoms with Crippen LogP contribution in [0.15, 0.2) is 24.3 Å². The van der Waals surface area contributed by atoms with Gasteiger partial charge in [0.05, 0.1) is 11.6 Å². The number of benzene rings is 1. The maximum Gasteiger partial charge on any atom is 0.250 e. The van der Waals surface area contributed by atoms with Gasteiger partial charge in [0.2, 0.25) is 8.32 Å². The lowest BCUT2D eigenvalue weighted by atomic mass is 10.2. The fraction of sp³-hybridized carbons (Fsp3) is 0.462. The molecule has 2 nitrogen and oxygen atoms in total. The van der Waals surface area contributed by atoms with Crippen molar-refractivity contribution in [3.63, 3.8) is 0 Å². The molecule has 0 aliphatic heterocycles. The average Bonchev–Trinajstić information content (AvgIpc) is 2.16. The fourth-order valence-corrected chi connectivity index (χ4v) is 2.08. The minimum atomic E-state index is -1.76. The van der Waals surface area contributed by atoms with E-state index in [1.54, 1.807) is 12.1 Å². The third-order valence-corrected chi connectivity index (χ3v) is 7.52. The van der Waals surface area contributed by atoms with E-state index in [0.717, 1.165) is 5.75 Å². The first-order valence-electron chi connectivity index (χ1n) is 5.45. The van der Waals surface area contributed by atoms with E-state index in [2.05, 4.69) is 39.9 Å². The van der Waals surface area contributed by atoms with Crippen molar-refractivity contribution >= 4 is 8.32 Å². The van der Waals surface area contributed by atoms with Crippen LogP contribution in [0, 0.1) is 11.3 Å². The van der Waals surface area contributed by atoms with Crippen LogP contribution in [0.1, 0.15) is 26.3 Å². The Labute approximate surface area is 99.0 Å². The van der Waals surface area contributed by atoms with Crippen molar-refractivity contribution in [2.45, 2.75) is 38.9 Å². The number of rotatable bonds is 2. The van der Waals surface area contributed by atoms with Gasteiger partial charge in [-0.05, 0) is 42.4 Å². The lowest BCUT2D eigenvalue weighted by Gasteiger charge is -2.36. The van der Waals surface area contributed by atoms with E-state index in [1.165, 1.54) is 0 Å². The minimum Gasteiger partial charge on any atom is -0.544 e. The van der Waals surface area contributed by atoms with Gasteiger partial charge < -0.3 is 4.43 Å². The maximum atomic E-state index is 8.71. The fourth-order valence-electron chi connectivity index (χ4n) is 1.05. The van der Waals surface area contributed by atoms with Crippen LogP contribution in [-0.4, -0.2) is 8.32 Å². The summed E-state index contributed by atoms with van der Waals surface area (Å²) >= 11 is 0. The first-order chi connectivity index (χ1) is 7.26. The third kappa shape index (κ3) is 2.86. The van der Waals surface area contributed by atoms with Gasteiger partial charge in [0, 0.05) is 0 Å². The molecule has 0 N–H and O–H groups in total. The molecule has 0 radical (unpaired) electrons. The van der Waals surface area contributed by atoms with Crippen molar-refractivity contribution in [3.05, 3.63) is 29.8 Å². The van der Waals surface area contributed by atoms with E-state index in [-0.39, 0.29) is 5.04 Å². The van der Waals surface area contributed by atoms with Crippen LogP contribution in [0.5, 0.6) is 5.75 Å². The lowest BCUT2D eigenvalue weighted by molar-refractivity contribution is 0.492. The molecule has 0 unspecified atom stereocenters. The summed E-state index contributed by atoms with van der Waals surface area (Å²) in [6.07, 6.45) is 0. The Morgan fingerprint density at radius 2 is 1.62 bits per heavy atom. The van der Waals surface area contributed by atoms with Gasteiger partial charge in [-0.3, -0.25) is 0 Å². The normalized spacial score (nSPS) is 12.0. The number of hydrogen-bond donors (Lipinski definition) is 0. The van der Waals surface area contributed by atoms with E-state index in [4.69, 9.17) is 9.69 Å². The molecule has 0 aliphatic rings. The highest BCUT2D eigenvalue weighted by atomic mass is 28.4. The summed E-state index contributed by atoms with van der Waals surface area (Å²) in [6, 6.07) is 9.44. The second-order valence-electron chi connectivity index (χ2n) is 5.50. The van der Waals surface area contributed by atoms with Crippen LogP contribution in [0.2, 0.25) is 18.1 Å². The topological polar surface area (TPSA) is 33.0 Å². The molecule has 1 rings (SSSR count). The van der Waals surface area contributed by atoms with Gasteiger partial charge in [-0.25, -0.2) is 0 Å². The van der Waals surface area contributed by atoms with Gasteiger partial charge in [-0.1, -0.05) is 20.8 Å². The first-order valence-corrected chi connectivity index (χ1v) is 8.36. The van der Waals surface area contributed by atoms with Gasteiger partial charge in [-0.2, -0.15) is 5.26 Å². The van der Waals surface area contributed by atoms with E-state index in [1.807, 2.05) is 12.1 Å². The summed E-state index contributed by atoms with van der Waals surface area (Å²) in [7, 11) is -1.76. The molecule has 0 amide bonds. The van der Waals surface area contributed by atoms with Crippen molar-refractivity contribution in [2.75, 3.05) is 0 Å². The molecule has 0 spiro atoms. The number of nitrogens with zero attached hydrogens (tertiary/aromatic N) is 1. The summed E-state index contributed by atoms with van der Waals surface area (Å²) in [6.45, 7) is 11.1. The zero-order valence-corrected chi connectivity index (χ0v) is 11.7. The van der Waals surface area contributed by atoms with Crippen LogP contribution in [0.4, 0.5) is 0 Å². The Morgan fingerprint density at radius 3 is 2.00 bits per heavy atom. The summed E-state index contributed by atoms with van der Waals surface area (Å²) < 4.78 is 6.10. The predicted octanol–water partition coefficient (Wildman–Crippen LogP) is 3.94. The van der Waals surface area contributed by atoms with Crippen LogP contribution in [0.25, 0.3) is 0 Å². The van der Waals surface area contributed by atoms with E-state index >= 15 is 0 Å². The van der Waals surface area contributed by atoms with Crippen molar-refractivity contribution in [2.24, 2.45) is 0 Å². The molecule has 0 aliphatic carbocycles. The van der Waals surface area contributed by atoms with E-state index in [9.17, 15) is 0 Å². The molecule has 0 heterocycles. The molecule has 3 heteroatoms. The van der Waals surface area contributed by atoms with Gasteiger partial charge in [-0.15, -0.1) is 0 Å². The van der Waals surface area contributed by atoms with Gasteiger partial charge in [0.15, 0.2) is 0 Å². The van der Waals surface area contributed by atoms with Crippen LogP contribution < -0.4 is 4.43 Å². The Balaban J connectivity index is 2.85. The van der Waals surface area contributed by atoms with Crippen molar-refractivity contribution in [3.8, 4) is 11.8 Å². The minimum absolute atomic E-state index is 0.195. The lowest BCUT2D eigenvalue weighted by Crippen LogP contribution is -2.43. The van der Waals surface area contributed by atoms with Gasteiger partial charge in [0.25, 0.3) is 0 Å². The van der Waals surface area contributed by atoms with E-state index in [0.29, 0.717) is 5.56 Å². The molecule has 1 aromatic rings. The molecule has 0 bridgehead atoms. The smallest absolute Gasteiger partial charge is 0.250 e. The van der Waals surface area contributed by atoms with Crippen molar-refractivity contribution < 1.29 is 4.43 Å². The molecular formula is C13H19NOSi. The summed E-state index contributed by atoms with van der Waals surface area (Å²) in [5, 5.41) is 8.90. The highest BCUT2D eigenvalue weighted by molar-refractivity contribution is 6.74. The Hall–Kier alpha value is -1.27. The molecule has 0 fully saturated rings. The van der Waals surface area contributed by atoms with Crippen molar-refractivity contribution in [1.29, 1.82) is 5.26 Å². The zero-order chi connectivity index (χ0) is 12.4. The van der Waals surface area contributed by atoms with Crippen molar-refractivity contribution in [1.82, 2.24) is 0 Å². The molecular weight excluding hydrogens is 214 g/mol. The molecule has 0 aromatic heterocycles. The van der Waals surface area contributed by atoms with Crippen LogP contribution in [0.3, 0.4) is 0 Å². The Bertz CT molecular complexity index is 395. The highest BCUT2D eigenvalue weighted by Gasteiger charge is 2.38. The number of nitriles is 1. The largest absolute Gasteiger partial charge is 0.544 e. The van der Waals surface area contributed by atoms with Gasteiger partial charge in [0.1, 0.15) is 5.75 Å². The summed E-state index contributed by atoms with van der Waals surface area (Å²) in [5.41, 5.74) is 0.669. The molecule has 16 heavy (non-hydrogen) atoms. The second-order valence-corrected chi connectivity index (χ2v) is 10.2. The van der Waals surface area contributed by atoms with Gasteiger partial charge >= 0.3 is 0 Å². The first kappa shape index (κ1) is 12.8. The third-order valence-electron chi connectivity index (χ3n) is 3.16. The molecule has 0 atom stereocenters. The quantitative estimate of drug-likeness (QED) is 0.725. The Kier molecular flexibility index (Phi) is 3.44. The monoisotopic (exact) mass is 233 g/mol. The molecule has 0 saturated carbocycles. The van der Waals surface area contributed by atoms with Crippen LogP contribution in [-0.2, 0) is 0 Å². The predicted molar refractivity (Wildman–Crippen MR) is 69.0 cm³/mol. The molecule has 86 valence electrons. The highest BCUT2D eigenvalue weighted by Crippen LogP contribution is 2.37. The summed E-state index contributed by atoms with van der Waals surface area (Å²) in [4.78, 5) is 0. The molecule has 0 saturated heterocycles. The second kappa shape index (κ2) is 4.30. The maximum absolute atomic E-state index is 8.71. The Morgan fingerprint density at radius 1 is 1.12 bits per heavy atom. The van der Waals surface area contributed by atoms with Crippen LogP contribution >= 0.6 is 0 Å². The summed E-state index contributed by atoms with van der Waals surface area (Å²) in [5.74, 6) is 0.866. The zero-order valence-electron chi connectivity index (χ0n) is 10.7. The average molecular weight is 233 g/mol. The van der Waals surface area contributed by atoms with E-state index < -0.39 is 8.32 Å². The molecule has 1 aromatic carbocycles.